The second kappa shape index (κ2) is 12.4. The van der Waals surface area contributed by atoms with Crippen molar-refractivity contribution in [3.8, 4) is 5.75 Å². The molecule has 0 aliphatic carbocycles. The molecule has 196 valence electrons. The number of carbonyl (C=O) groups excluding carboxylic acids is 2. The van der Waals surface area contributed by atoms with Crippen LogP contribution in [0.2, 0.25) is 0 Å². The largest absolute Gasteiger partial charge is 0.494 e. The molecule has 1 saturated heterocycles. The average Bonchev–Trinajstić information content (AvgIpc) is 3.19. The number of benzene rings is 2. The lowest BCUT2D eigenvalue weighted by Crippen LogP contribution is -2.40. The zero-order valence-corrected chi connectivity index (χ0v) is 22.9. The third-order valence-corrected chi connectivity index (χ3v) is 8.13. The summed E-state index contributed by atoms with van der Waals surface area (Å²) >= 11 is 1.62. The van der Waals surface area contributed by atoms with Crippen molar-refractivity contribution in [2.75, 3.05) is 31.6 Å². The first-order valence-electron chi connectivity index (χ1n) is 13.0. The summed E-state index contributed by atoms with van der Waals surface area (Å²) in [5.74, 6) is 0.550. The number of thiophene rings is 1. The van der Waals surface area contributed by atoms with E-state index in [4.69, 9.17) is 9.47 Å². The van der Waals surface area contributed by atoms with Gasteiger partial charge < -0.3 is 14.8 Å². The van der Waals surface area contributed by atoms with Gasteiger partial charge in [0, 0.05) is 16.0 Å². The van der Waals surface area contributed by atoms with Crippen molar-refractivity contribution >= 4 is 28.2 Å². The number of aryl methyl sites for hydroxylation is 1. The van der Waals surface area contributed by atoms with Crippen LogP contribution in [0.4, 0.5) is 5.00 Å². The maximum Gasteiger partial charge on any atom is 0.309 e. The van der Waals surface area contributed by atoms with Gasteiger partial charge in [-0.25, -0.2) is 0 Å². The fraction of sp³-hybridized carbons (Fsp3) is 0.400. The van der Waals surface area contributed by atoms with Gasteiger partial charge in [0.25, 0.3) is 5.91 Å². The Morgan fingerprint density at radius 2 is 1.68 bits per heavy atom. The number of nitrogens with one attached hydrogen (secondary N) is 1. The summed E-state index contributed by atoms with van der Waals surface area (Å²) in [6, 6.07) is 17.5. The van der Waals surface area contributed by atoms with Gasteiger partial charge in [-0.2, -0.15) is 0 Å². The average molecular weight is 521 g/mol. The molecule has 3 aromatic rings. The van der Waals surface area contributed by atoms with Gasteiger partial charge in [-0.1, -0.05) is 30.3 Å². The standard InChI is InChI=1S/C30H36N2O4S/c1-5-35-25-14-12-22(13-15-25)27(32-18-16-24(17-19-32)30(34)36-6-2)26-20(3)21(4)37-29(26)31-28(33)23-10-8-7-9-11-23/h7-15,24,27H,5-6,16-19H2,1-4H3,(H,31,33)/t27-/m1/s1. The van der Waals surface area contributed by atoms with Crippen molar-refractivity contribution in [3.63, 3.8) is 0 Å². The van der Waals surface area contributed by atoms with Crippen LogP contribution in [0.5, 0.6) is 5.75 Å². The van der Waals surface area contributed by atoms with Crippen LogP contribution >= 0.6 is 11.3 Å². The van der Waals surface area contributed by atoms with Crippen LogP contribution in [-0.2, 0) is 9.53 Å². The van der Waals surface area contributed by atoms with Gasteiger partial charge in [-0.15, -0.1) is 11.3 Å². The van der Waals surface area contributed by atoms with Crippen LogP contribution in [-0.4, -0.2) is 43.1 Å². The first kappa shape index (κ1) is 26.9. The molecule has 1 atom stereocenters. The number of nitrogens with zero attached hydrogens (tertiary/aromatic N) is 1. The summed E-state index contributed by atoms with van der Waals surface area (Å²) < 4.78 is 11.0. The fourth-order valence-electron chi connectivity index (χ4n) is 4.96. The molecular formula is C30H36N2O4S. The molecule has 37 heavy (non-hydrogen) atoms. The van der Waals surface area contributed by atoms with Crippen molar-refractivity contribution in [2.24, 2.45) is 5.92 Å². The molecule has 2 aromatic carbocycles. The van der Waals surface area contributed by atoms with E-state index in [9.17, 15) is 9.59 Å². The number of esters is 1. The van der Waals surface area contributed by atoms with E-state index in [1.165, 1.54) is 10.4 Å². The Bertz CT molecular complexity index is 1200. The minimum absolute atomic E-state index is 0.0603. The van der Waals surface area contributed by atoms with Crippen molar-refractivity contribution in [2.45, 2.75) is 46.6 Å². The summed E-state index contributed by atoms with van der Waals surface area (Å²) in [7, 11) is 0. The third kappa shape index (κ3) is 6.22. The predicted octanol–water partition coefficient (Wildman–Crippen LogP) is 6.38. The number of anilines is 1. The maximum atomic E-state index is 13.1. The van der Waals surface area contributed by atoms with E-state index in [0.29, 0.717) is 18.8 Å². The molecule has 0 bridgehead atoms. The Morgan fingerprint density at radius 1 is 1.00 bits per heavy atom. The molecule has 0 unspecified atom stereocenters. The molecule has 4 rings (SSSR count). The fourth-order valence-corrected chi connectivity index (χ4v) is 6.05. The van der Waals surface area contributed by atoms with Gasteiger partial charge in [0.1, 0.15) is 10.8 Å². The topological polar surface area (TPSA) is 67.9 Å². The molecule has 0 radical (unpaired) electrons. The minimum Gasteiger partial charge on any atom is -0.494 e. The minimum atomic E-state index is -0.116. The summed E-state index contributed by atoms with van der Waals surface area (Å²) in [4.78, 5) is 29.1. The van der Waals surface area contributed by atoms with Gasteiger partial charge in [0.05, 0.1) is 25.2 Å². The lowest BCUT2D eigenvalue weighted by molar-refractivity contribution is -0.149. The molecule has 1 amide bonds. The van der Waals surface area contributed by atoms with E-state index in [1.807, 2.05) is 56.3 Å². The normalized spacial score (nSPS) is 15.2. The number of piperidine rings is 1. The van der Waals surface area contributed by atoms with Crippen LogP contribution in [0.3, 0.4) is 0 Å². The van der Waals surface area contributed by atoms with Crippen LogP contribution in [0.1, 0.15) is 64.7 Å². The zero-order valence-electron chi connectivity index (χ0n) is 22.1. The first-order valence-corrected chi connectivity index (χ1v) is 13.8. The molecule has 0 saturated carbocycles. The highest BCUT2D eigenvalue weighted by Gasteiger charge is 2.34. The SMILES string of the molecule is CCOC(=O)C1CCN([C@H](c2ccc(OCC)cc2)c2c(NC(=O)c3ccccc3)sc(C)c2C)CC1. The molecule has 0 spiro atoms. The van der Waals surface area contributed by atoms with E-state index in [1.54, 1.807) is 11.3 Å². The Hall–Kier alpha value is -3.16. The number of ether oxygens (including phenoxy) is 2. The van der Waals surface area contributed by atoms with Crippen molar-refractivity contribution in [3.05, 3.63) is 81.7 Å². The summed E-state index contributed by atoms with van der Waals surface area (Å²) in [6.45, 7) is 10.6. The Balaban J connectivity index is 1.69. The van der Waals surface area contributed by atoms with E-state index >= 15 is 0 Å². The molecule has 1 aromatic heterocycles. The maximum absolute atomic E-state index is 13.1. The lowest BCUT2D eigenvalue weighted by atomic mass is 9.90. The monoisotopic (exact) mass is 520 g/mol. The van der Waals surface area contributed by atoms with E-state index in [2.05, 4.69) is 36.2 Å². The quantitative estimate of drug-likeness (QED) is 0.332. The second-order valence-electron chi connectivity index (χ2n) is 9.31. The van der Waals surface area contributed by atoms with Crippen LogP contribution < -0.4 is 10.1 Å². The summed E-state index contributed by atoms with van der Waals surface area (Å²) in [5.41, 5.74) is 4.06. The van der Waals surface area contributed by atoms with Crippen molar-refractivity contribution in [1.82, 2.24) is 4.90 Å². The molecule has 7 heteroatoms. The molecule has 1 fully saturated rings. The number of carbonyl (C=O) groups is 2. The highest BCUT2D eigenvalue weighted by molar-refractivity contribution is 7.16. The number of hydrogen-bond acceptors (Lipinski definition) is 6. The van der Waals surface area contributed by atoms with E-state index in [0.717, 1.165) is 47.8 Å². The third-order valence-electron chi connectivity index (χ3n) is 6.99. The van der Waals surface area contributed by atoms with Crippen LogP contribution in [0.25, 0.3) is 0 Å². The number of likely N-dealkylation sites (tertiary alicyclic amines) is 1. The lowest BCUT2D eigenvalue weighted by Gasteiger charge is -2.38. The molecular weight excluding hydrogens is 484 g/mol. The predicted molar refractivity (Wildman–Crippen MR) is 149 cm³/mol. The molecule has 1 aliphatic heterocycles. The van der Waals surface area contributed by atoms with Crippen LogP contribution in [0, 0.1) is 19.8 Å². The second-order valence-corrected chi connectivity index (χ2v) is 10.5. The number of rotatable bonds is 9. The summed E-state index contributed by atoms with van der Waals surface area (Å²) in [5, 5.41) is 4.08. The van der Waals surface area contributed by atoms with Crippen LogP contribution in [0.15, 0.2) is 54.6 Å². The van der Waals surface area contributed by atoms with Gasteiger partial charge >= 0.3 is 5.97 Å². The first-order chi connectivity index (χ1) is 17.9. The Labute approximate surface area is 223 Å². The smallest absolute Gasteiger partial charge is 0.309 e. The van der Waals surface area contributed by atoms with Gasteiger partial charge in [-0.3, -0.25) is 14.5 Å². The Kier molecular flexibility index (Phi) is 9.00. The van der Waals surface area contributed by atoms with Crippen molar-refractivity contribution in [1.29, 1.82) is 0 Å². The van der Waals surface area contributed by atoms with Gasteiger partial charge in [0.15, 0.2) is 0 Å². The van der Waals surface area contributed by atoms with E-state index in [-0.39, 0.29) is 23.8 Å². The van der Waals surface area contributed by atoms with E-state index < -0.39 is 0 Å². The van der Waals surface area contributed by atoms with Gasteiger partial charge in [-0.05, 0) is 89.0 Å². The molecule has 6 nitrogen and oxygen atoms in total. The summed E-state index contributed by atoms with van der Waals surface area (Å²) in [6.07, 6.45) is 1.50. The van der Waals surface area contributed by atoms with Gasteiger partial charge in [0.2, 0.25) is 0 Å². The highest BCUT2D eigenvalue weighted by atomic mass is 32.1. The van der Waals surface area contributed by atoms with Crippen molar-refractivity contribution < 1.29 is 19.1 Å². The number of hydrogen-bond donors (Lipinski definition) is 1. The zero-order chi connectivity index (χ0) is 26.4. The molecule has 1 N–H and O–H groups in total. The highest BCUT2D eigenvalue weighted by Crippen LogP contribution is 2.43. The molecule has 1 aliphatic rings. The number of amides is 1. The molecule has 2 heterocycles. The Morgan fingerprint density at radius 3 is 2.30 bits per heavy atom.